The molecule has 1 unspecified atom stereocenters. The summed E-state index contributed by atoms with van der Waals surface area (Å²) in [4.78, 5) is 0. The second-order valence-corrected chi connectivity index (χ2v) is 3.57. The summed E-state index contributed by atoms with van der Waals surface area (Å²) in [7, 11) is 0. The second kappa shape index (κ2) is 3.08. The first-order valence-electron chi connectivity index (χ1n) is 4.50. The molecule has 3 N–H and O–H groups in total. The van der Waals surface area contributed by atoms with Crippen molar-refractivity contribution in [3.63, 3.8) is 0 Å². The smallest absolute Gasteiger partial charge is 0.103 e. The SMILES string of the molecule is CC(O)(CN)c1cnn2ccccc12. The van der Waals surface area contributed by atoms with Crippen LogP contribution in [0, 0.1) is 0 Å². The Morgan fingerprint density at radius 1 is 1.57 bits per heavy atom. The molecule has 14 heavy (non-hydrogen) atoms. The lowest BCUT2D eigenvalue weighted by Crippen LogP contribution is -2.31. The van der Waals surface area contributed by atoms with Crippen LogP contribution in [0.2, 0.25) is 0 Å². The van der Waals surface area contributed by atoms with E-state index < -0.39 is 5.60 Å². The van der Waals surface area contributed by atoms with Crippen molar-refractivity contribution in [2.75, 3.05) is 6.54 Å². The van der Waals surface area contributed by atoms with E-state index in [2.05, 4.69) is 5.10 Å². The quantitative estimate of drug-likeness (QED) is 0.726. The summed E-state index contributed by atoms with van der Waals surface area (Å²) in [6, 6.07) is 5.71. The molecule has 2 aromatic heterocycles. The van der Waals surface area contributed by atoms with Crippen molar-refractivity contribution in [3.05, 3.63) is 36.2 Å². The zero-order valence-corrected chi connectivity index (χ0v) is 8.01. The van der Waals surface area contributed by atoms with Gasteiger partial charge in [-0.2, -0.15) is 5.10 Å². The van der Waals surface area contributed by atoms with Crippen molar-refractivity contribution < 1.29 is 5.11 Å². The Bertz CT molecular complexity index is 447. The van der Waals surface area contributed by atoms with Gasteiger partial charge in [-0.1, -0.05) is 6.07 Å². The molecule has 0 fully saturated rings. The minimum atomic E-state index is -1.01. The molecule has 0 spiro atoms. The van der Waals surface area contributed by atoms with Crippen LogP contribution in [0.5, 0.6) is 0 Å². The minimum Gasteiger partial charge on any atom is -0.384 e. The molecule has 0 aliphatic heterocycles. The topological polar surface area (TPSA) is 63.5 Å². The molecule has 2 rings (SSSR count). The highest BCUT2D eigenvalue weighted by Crippen LogP contribution is 2.23. The minimum absolute atomic E-state index is 0.184. The van der Waals surface area contributed by atoms with Gasteiger partial charge in [0.25, 0.3) is 0 Å². The van der Waals surface area contributed by atoms with Gasteiger partial charge in [-0.15, -0.1) is 0 Å². The molecule has 0 saturated heterocycles. The van der Waals surface area contributed by atoms with E-state index in [-0.39, 0.29) is 6.54 Å². The summed E-state index contributed by atoms with van der Waals surface area (Å²) in [5, 5.41) is 14.1. The van der Waals surface area contributed by atoms with Crippen LogP contribution < -0.4 is 5.73 Å². The summed E-state index contributed by atoms with van der Waals surface area (Å²) in [6.07, 6.45) is 3.49. The number of hydrogen-bond donors (Lipinski definition) is 2. The van der Waals surface area contributed by atoms with E-state index in [1.165, 1.54) is 0 Å². The van der Waals surface area contributed by atoms with Crippen LogP contribution >= 0.6 is 0 Å². The summed E-state index contributed by atoms with van der Waals surface area (Å²) < 4.78 is 1.72. The lowest BCUT2D eigenvalue weighted by atomic mass is 9.98. The van der Waals surface area contributed by atoms with Crippen LogP contribution in [-0.2, 0) is 5.60 Å². The molecule has 4 nitrogen and oxygen atoms in total. The van der Waals surface area contributed by atoms with Gasteiger partial charge in [0.15, 0.2) is 0 Å². The monoisotopic (exact) mass is 191 g/mol. The molecule has 0 amide bonds. The normalized spacial score (nSPS) is 15.6. The van der Waals surface area contributed by atoms with Gasteiger partial charge in [0.05, 0.1) is 11.7 Å². The third-order valence-electron chi connectivity index (χ3n) is 2.40. The van der Waals surface area contributed by atoms with E-state index in [4.69, 9.17) is 5.73 Å². The fourth-order valence-corrected chi connectivity index (χ4v) is 1.46. The number of aliphatic hydroxyl groups is 1. The Hall–Kier alpha value is -1.39. The molecule has 0 radical (unpaired) electrons. The maximum Gasteiger partial charge on any atom is 0.103 e. The van der Waals surface area contributed by atoms with Crippen molar-refractivity contribution in [2.45, 2.75) is 12.5 Å². The van der Waals surface area contributed by atoms with Gasteiger partial charge in [0.1, 0.15) is 5.60 Å². The highest BCUT2D eigenvalue weighted by Gasteiger charge is 2.24. The van der Waals surface area contributed by atoms with Crippen LogP contribution in [0.4, 0.5) is 0 Å². The summed E-state index contributed by atoms with van der Waals surface area (Å²) in [6.45, 7) is 1.88. The molecular weight excluding hydrogens is 178 g/mol. The van der Waals surface area contributed by atoms with Crippen LogP contribution in [0.15, 0.2) is 30.6 Å². The zero-order valence-electron chi connectivity index (χ0n) is 8.01. The average Bonchev–Trinajstić information content (AvgIpc) is 2.61. The Labute approximate surface area is 82.0 Å². The zero-order chi connectivity index (χ0) is 10.2. The fourth-order valence-electron chi connectivity index (χ4n) is 1.46. The molecule has 2 heterocycles. The Morgan fingerprint density at radius 2 is 2.36 bits per heavy atom. The van der Waals surface area contributed by atoms with Crippen molar-refractivity contribution >= 4 is 5.52 Å². The molecule has 0 saturated carbocycles. The van der Waals surface area contributed by atoms with Crippen molar-refractivity contribution in [1.82, 2.24) is 9.61 Å². The molecular formula is C10H13N3O. The highest BCUT2D eigenvalue weighted by atomic mass is 16.3. The Balaban J connectivity index is 2.64. The standard InChI is InChI=1S/C10H13N3O/c1-10(14,7-11)8-6-12-13-5-3-2-4-9(8)13/h2-6,14H,7,11H2,1H3. The fraction of sp³-hybridized carbons (Fsp3) is 0.300. The molecule has 4 heteroatoms. The van der Waals surface area contributed by atoms with E-state index in [0.717, 1.165) is 11.1 Å². The van der Waals surface area contributed by atoms with Gasteiger partial charge in [0, 0.05) is 18.3 Å². The van der Waals surface area contributed by atoms with E-state index in [0.29, 0.717) is 0 Å². The number of aromatic nitrogens is 2. The van der Waals surface area contributed by atoms with E-state index >= 15 is 0 Å². The molecule has 0 aliphatic carbocycles. The number of rotatable bonds is 2. The summed E-state index contributed by atoms with van der Waals surface area (Å²) >= 11 is 0. The van der Waals surface area contributed by atoms with Gasteiger partial charge < -0.3 is 10.8 Å². The molecule has 74 valence electrons. The molecule has 0 aliphatic rings. The first kappa shape index (κ1) is 9.18. The first-order valence-corrected chi connectivity index (χ1v) is 4.50. The molecule has 1 atom stereocenters. The maximum atomic E-state index is 10.0. The van der Waals surface area contributed by atoms with Crippen molar-refractivity contribution in [1.29, 1.82) is 0 Å². The largest absolute Gasteiger partial charge is 0.384 e. The third kappa shape index (κ3) is 1.29. The third-order valence-corrected chi connectivity index (χ3v) is 2.40. The molecule has 0 aromatic carbocycles. The number of pyridine rings is 1. The van der Waals surface area contributed by atoms with Crippen LogP contribution in [0.1, 0.15) is 12.5 Å². The molecule has 2 aromatic rings. The second-order valence-electron chi connectivity index (χ2n) is 3.57. The lowest BCUT2D eigenvalue weighted by Gasteiger charge is -2.19. The molecule has 0 bridgehead atoms. The van der Waals surface area contributed by atoms with E-state index in [1.807, 2.05) is 24.4 Å². The van der Waals surface area contributed by atoms with Crippen LogP contribution in [-0.4, -0.2) is 21.3 Å². The van der Waals surface area contributed by atoms with Gasteiger partial charge in [0.2, 0.25) is 0 Å². The van der Waals surface area contributed by atoms with Gasteiger partial charge >= 0.3 is 0 Å². The maximum absolute atomic E-state index is 10.0. The van der Waals surface area contributed by atoms with Crippen molar-refractivity contribution in [2.24, 2.45) is 5.73 Å². The van der Waals surface area contributed by atoms with Gasteiger partial charge in [-0.25, -0.2) is 4.52 Å². The number of hydrogen-bond acceptors (Lipinski definition) is 3. The highest BCUT2D eigenvalue weighted by molar-refractivity contribution is 5.55. The summed E-state index contributed by atoms with van der Waals surface area (Å²) in [5.41, 5.74) is 6.15. The van der Waals surface area contributed by atoms with Crippen LogP contribution in [0.25, 0.3) is 5.52 Å². The number of nitrogens with zero attached hydrogens (tertiary/aromatic N) is 2. The summed E-state index contributed by atoms with van der Waals surface area (Å²) in [5.74, 6) is 0. The predicted molar refractivity (Wildman–Crippen MR) is 53.8 cm³/mol. The van der Waals surface area contributed by atoms with Gasteiger partial charge in [-0.05, 0) is 19.1 Å². The van der Waals surface area contributed by atoms with Gasteiger partial charge in [-0.3, -0.25) is 0 Å². The Morgan fingerprint density at radius 3 is 3.07 bits per heavy atom. The lowest BCUT2D eigenvalue weighted by molar-refractivity contribution is 0.0683. The van der Waals surface area contributed by atoms with E-state index in [1.54, 1.807) is 17.6 Å². The predicted octanol–water partition coefficient (Wildman–Crippen LogP) is 0.500. The van der Waals surface area contributed by atoms with E-state index in [9.17, 15) is 5.11 Å². The van der Waals surface area contributed by atoms with Crippen LogP contribution in [0.3, 0.4) is 0 Å². The number of nitrogens with two attached hydrogens (primary N) is 1. The first-order chi connectivity index (χ1) is 6.65. The van der Waals surface area contributed by atoms with Crippen molar-refractivity contribution in [3.8, 4) is 0 Å². The number of fused-ring (bicyclic) bond motifs is 1. The average molecular weight is 191 g/mol. The Kier molecular flexibility index (Phi) is 2.02.